The third-order valence-corrected chi connectivity index (χ3v) is 3.73. The third-order valence-electron chi connectivity index (χ3n) is 3.73. The van der Waals surface area contributed by atoms with Gasteiger partial charge in [-0.05, 0) is 31.0 Å². The van der Waals surface area contributed by atoms with Gasteiger partial charge in [-0.15, -0.1) is 0 Å². The van der Waals surface area contributed by atoms with Crippen molar-refractivity contribution in [2.75, 3.05) is 5.32 Å². The SMILES string of the molecule is CCn1nccc1C(=O)Nc1cnn(Cc2ccccc2C)c1. The second-order valence-corrected chi connectivity index (χ2v) is 5.34. The van der Waals surface area contributed by atoms with Crippen molar-refractivity contribution in [3.8, 4) is 0 Å². The molecule has 2 heterocycles. The molecular formula is C17H19N5O. The number of carbonyl (C=O) groups excluding carboxylic acids is 1. The molecule has 118 valence electrons. The van der Waals surface area contributed by atoms with Crippen molar-refractivity contribution >= 4 is 11.6 Å². The van der Waals surface area contributed by atoms with Crippen molar-refractivity contribution in [3.63, 3.8) is 0 Å². The Kier molecular flexibility index (Phi) is 4.23. The minimum Gasteiger partial charge on any atom is -0.318 e. The fourth-order valence-corrected chi connectivity index (χ4v) is 2.45. The molecule has 0 radical (unpaired) electrons. The zero-order valence-corrected chi connectivity index (χ0v) is 13.2. The minimum absolute atomic E-state index is 0.181. The van der Waals surface area contributed by atoms with Gasteiger partial charge in [0.05, 0.1) is 18.4 Å². The third kappa shape index (κ3) is 3.31. The molecule has 0 aliphatic carbocycles. The zero-order valence-electron chi connectivity index (χ0n) is 13.2. The summed E-state index contributed by atoms with van der Waals surface area (Å²) in [5.41, 5.74) is 3.64. The Labute approximate surface area is 134 Å². The zero-order chi connectivity index (χ0) is 16.2. The van der Waals surface area contributed by atoms with Crippen LogP contribution >= 0.6 is 0 Å². The van der Waals surface area contributed by atoms with Gasteiger partial charge in [-0.25, -0.2) is 0 Å². The molecule has 0 spiro atoms. The van der Waals surface area contributed by atoms with Crippen LogP contribution in [-0.2, 0) is 13.1 Å². The van der Waals surface area contributed by atoms with E-state index in [1.54, 1.807) is 23.1 Å². The van der Waals surface area contributed by atoms with Crippen LogP contribution in [0, 0.1) is 6.92 Å². The summed E-state index contributed by atoms with van der Waals surface area (Å²) in [4.78, 5) is 12.3. The Morgan fingerprint density at radius 1 is 1.22 bits per heavy atom. The molecule has 0 fully saturated rings. The molecule has 0 aliphatic rings. The summed E-state index contributed by atoms with van der Waals surface area (Å²) in [6.45, 7) is 5.36. The Hall–Kier alpha value is -2.89. The number of hydrogen-bond acceptors (Lipinski definition) is 3. The van der Waals surface area contributed by atoms with Crippen LogP contribution in [0.4, 0.5) is 5.69 Å². The molecule has 1 amide bonds. The monoisotopic (exact) mass is 309 g/mol. The molecule has 1 N–H and O–H groups in total. The highest BCUT2D eigenvalue weighted by Gasteiger charge is 2.12. The van der Waals surface area contributed by atoms with Crippen molar-refractivity contribution in [2.24, 2.45) is 0 Å². The maximum Gasteiger partial charge on any atom is 0.274 e. The van der Waals surface area contributed by atoms with Gasteiger partial charge in [-0.3, -0.25) is 14.2 Å². The van der Waals surface area contributed by atoms with E-state index in [1.807, 2.05) is 29.9 Å². The van der Waals surface area contributed by atoms with E-state index in [4.69, 9.17) is 0 Å². The van der Waals surface area contributed by atoms with Crippen LogP contribution in [0.1, 0.15) is 28.5 Å². The summed E-state index contributed by atoms with van der Waals surface area (Å²) >= 11 is 0. The minimum atomic E-state index is -0.181. The highest BCUT2D eigenvalue weighted by atomic mass is 16.2. The second kappa shape index (κ2) is 6.48. The smallest absolute Gasteiger partial charge is 0.274 e. The fraction of sp³-hybridized carbons (Fsp3) is 0.235. The van der Waals surface area contributed by atoms with Crippen LogP contribution in [0.15, 0.2) is 48.9 Å². The van der Waals surface area contributed by atoms with Gasteiger partial charge in [0, 0.05) is 18.9 Å². The Balaban J connectivity index is 1.70. The second-order valence-electron chi connectivity index (χ2n) is 5.34. The number of nitrogens with one attached hydrogen (secondary N) is 1. The number of nitrogens with zero attached hydrogens (tertiary/aromatic N) is 4. The molecule has 0 aliphatic heterocycles. The molecule has 0 atom stereocenters. The Bertz CT molecular complexity index is 818. The first-order valence-corrected chi connectivity index (χ1v) is 7.57. The predicted molar refractivity (Wildman–Crippen MR) is 88.4 cm³/mol. The van der Waals surface area contributed by atoms with E-state index < -0.39 is 0 Å². The molecule has 3 rings (SSSR count). The van der Waals surface area contributed by atoms with Gasteiger partial charge < -0.3 is 5.32 Å². The number of benzene rings is 1. The molecule has 0 bridgehead atoms. The number of aromatic nitrogens is 4. The molecule has 6 heteroatoms. The summed E-state index contributed by atoms with van der Waals surface area (Å²) in [6.07, 6.45) is 5.11. The molecule has 6 nitrogen and oxygen atoms in total. The van der Waals surface area contributed by atoms with Gasteiger partial charge >= 0.3 is 0 Å². The highest BCUT2D eigenvalue weighted by Crippen LogP contribution is 2.12. The summed E-state index contributed by atoms with van der Waals surface area (Å²) in [7, 11) is 0. The Morgan fingerprint density at radius 2 is 2.04 bits per heavy atom. The number of rotatable bonds is 5. The molecule has 2 aromatic heterocycles. The van der Waals surface area contributed by atoms with Gasteiger partial charge in [-0.2, -0.15) is 10.2 Å². The topological polar surface area (TPSA) is 64.7 Å². The molecule has 0 saturated carbocycles. The number of aryl methyl sites for hydroxylation is 2. The van der Waals surface area contributed by atoms with Crippen LogP contribution < -0.4 is 5.32 Å². The van der Waals surface area contributed by atoms with E-state index in [-0.39, 0.29) is 5.91 Å². The molecule has 23 heavy (non-hydrogen) atoms. The van der Waals surface area contributed by atoms with Gasteiger partial charge in [0.2, 0.25) is 0 Å². The van der Waals surface area contributed by atoms with E-state index in [9.17, 15) is 4.79 Å². The van der Waals surface area contributed by atoms with Gasteiger partial charge in [0.25, 0.3) is 5.91 Å². The van der Waals surface area contributed by atoms with Crippen molar-refractivity contribution in [3.05, 3.63) is 65.7 Å². The van der Waals surface area contributed by atoms with E-state index in [2.05, 4.69) is 34.6 Å². The van der Waals surface area contributed by atoms with Crippen LogP contribution in [0.5, 0.6) is 0 Å². The maximum atomic E-state index is 12.3. The van der Waals surface area contributed by atoms with Crippen LogP contribution in [-0.4, -0.2) is 25.5 Å². The average molecular weight is 309 g/mol. The lowest BCUT2D eigenvalue weighted by atomic mass is 10.1. The van der Waals surface area contributed by atoms with Crippen molar-refractivity contribution in [1.29, 1.82) is 0 Å². The van der Waals surface area contributed by atoms with Crippen LogP contribution in [0.25, 0.3) is 0 Å². The van der Waals surface area contributed by atoms with Crippen LogP contribution in [0.3, 0.4) is 0 Å². The van der Waals surface area contributed by atoms with Gasteiger partial charge in [0.15, 0.2) is 0 Å². The molecule has 1 aromatic carbocycles. The predicted octanol–water partition coefficient (Wildman–Crippen LogP) is 2.71. The normalized spacial score (nSPS) is 10.7. The largest absolute Gasteiger partial charge is 0.318 e. The summed E-state index contributed by atoms with van der Waals surface area (Å²) in [6, 6.07) is 9.89. The fourth-order valence-electron chi connectivity index (χ4n) is 2.45. The van der Waals surface area contributed by atoms with Crippen LogP contribution in [0.2, 0.25) is 0 Å². The lowest BCUT2D eigenvalue weighted by Gasteiger charge is -2.06. The number of hydrogen-bond donors (Lipinski definition) is 1. The highest BCUT2D eigenvalue weighted by molar-refractivity contribution is 6.02. The summed E-state index contributed by atoms with van der Waals surface area (Å²) in [5.74, 6) is -0.181. The molecule has 3 aromatic rings. The first-order valence-electron chi connectivity index (χ1n) is 7.57. The quantitative estimate of drug-likeness (QED) is 0.788. The maximum absolute atomic E-state index is 12.3. The number of carbonyl (C=O) groups is 1. The summed E-state index contributed by atoms with van der Waals surface area (Å²) in [5, 5.41) is 11.3. The van der Waals surface area contributed by atoms with Crippen molar-refractivity contribution in [2.45, 2.75) is 26.9 Å². The van der Waals surface area contributed by atoms with Crippen molar-refractivity contribution in [1.82, 2.24) is 19.6 Å². The van der Waals surface area contributed by atoms with E-state index >= 15 is 0 Å². The lowest BCUT2D eigenvalue weighted by molar-refractivity contribution is 0.101. The summed E-state index contributed by atoms with van der Waals surface area (Å²) < 4.78 is 3.47. The molecular weight excluding hydrogens is 290 g/mol. The number of anilines is 1. The Morgan fingerprint density at radius 3 is 2.83 bits per heavy atom. The van der Waals surface area contributed by atoms with E-state index in [0.29, 0.717) is 24.5 Å². The van der Waals surface area contributed by atoms with Gasteiger partial charge in [-0.1, -0.05) is 24.3 Å². The van der Waals surface area contributed by atoms with E-state index in [1.165, 1.54) is 11.1 Å². The molecule has 0 saturated heterocycles. The number of amides is 1. The first kappa shape index (κ1) is 15.0. The lowest BCUT2D eigenvalue weighted by Crippen LogP contribution is -2.17. The van der Waals surface area contributed by atoms with E-state index in [0.717, 1.165) is 0 Å². The first-order chi connectivity index (χ1) is 11.2. The average Bonchev–Trinajstić information content (AvgIpc) is 3.18. The van der Waals surface area contributed by atoms with Crippen molar-refractivity contribution < 1.29 is 4.79 Å². The molecule has 0 unspecified atom stereocenters. The standard InChI is InChI=1S/C17H19N5O/c1-3-22-16(8-9-18-22)17(23)20-15-10-19-21(12-15)11-14-7-5-4-6-13(14)2/h4-10,12H,3,11H2,1-2H3,(H,20,23). The van der Waals surface area contributed by atoms with Gasteiger partial charge in [0.1, 0.15) is 5.69 Å².